The van der Waals surface area contributed by atoms with Gasteiger partial charge in [0.2, 0.25) is 5.91 Å². The number of nitrogens with one attached hydrogen (secondary N) is 1. The Balaban J connectivity index is 1.81. The van der Waals surface area contributed by atoms with Crippen LogP contribution in [0.2, 0.25) is 0 Å². The maximum absolute atomic E-state index is 11.9. The van der Waals surface area contributed by atoms with Crippen LogP contribution in [0.3, 0.4) is 0 Å². The third-order valence-electron chi connectivity index (χ3n) is 3.55. The predicted octanol–water partition coefficient (Wildman–Crippen LogP) is 2.24. The SMILES string of the molecule is O=C(/C=C/c1ccco1)Nc1sc2c(c1C(=O)[O-])CCCC2. The lowest BCUT2D eigenvalue weighted by molar-refractivity contribution is -0.254. The number of carboxylic acid groups (broad SMARTS) is 1. The van der Waals surface area contributed by atoms with Crippen LogP contribution in [0, 0.1) is 0 Å². The van der Waals surface area contributed by atoms with E-state index in [0.717, 1.165) is 36.1 Å². The molecule has 0 saturated carbocycles. The molecule has 114 valence electrons. The lowest BCUT2D eigenvalue weighted by Gasteiger charge is -2.13. The van der Waals surface area contributed by atoms with Crippen LogP contribution in [0.25, 0.3) is 6.08 Å². The second-order valence-electron chi connectivity index (χ2n) is 5.04. The highest BCUT2D eigenvalue weighted by molar-refractivity contribution is 7.17. The Morgan fingerprint density at radius 1 is 1.32 bits per heavy atom. The number of rotatable bonds is 4. The zero-order valence-corrected chi connectivity index (χ0v) is 12.6. The number of thiophene rings is 1. The van der Waals surface area contributed by atoms with Gasteiger partial charge >= 0.3 is 0 Å². The number of hydrogen-bond donors (Lipinski definition) is 1. The Morgan fingerprint density at radius 2 is 2.14 bits per heavy atom. The third kappa shape index (κ3) is 2.96. The quantitative estimate of drug-likeness (QED) is 0.877. The van der Waals surface area contributed by atoms with Gasteiger partial charge in [0.25, 0.3) is 0 Å². The van der Waals surface area contributed by atoms with Gasteiger partial charge in [-0.15, -0.1) is 11.3 Å². The van der Waals surface area contributed by atoms with Crippen LogP contribution in [0.1, 0.15) is 39.4 Å². The van der Waals surface area contributed by atoms with Crippen molar-refractivity contribution in [2.24, 2.45) is 0 Å². The molecule has 0 unspecified atom stereocenters. The Bertz CT molecular complexity index is 728. The van der Waals surface area contributed by atoms with Crippen molar-refractivity contribution in [2.75, 3.05) is 5.32 Å². The predicted molar refractivity (Wildman–Crippen MR) is 81.7 cm³/mol. The van der Waals surface area contributed by atoms with E-state index in [2.05, 4.69) is 5.32 Å². The molecule has 1 N–H and O–H groups in total. The Kier molecular flexibility index (Phi) is 4.11. The van der Waals surface area contributed by atoms with Gasteiger partial charge in [0.1, 0.15) is 10.8 Å². The van der Waals surface area contributed by atoms with Crippen molar-refractivity contribution in [3.63, 3.8) is 0 Å². The number of carbonyl (C=O) groups excluding carboxylic acids is 2. The number of anilines is 1. The lowest BCUT2D eigenvalue weighted by atomic mass is 9.95. The molecule has 0 aromatic carbocycles. The maximum Gasteiger partial charge on any atom is 0.249 e. The van der Waals surface area contributed by atoms with Crippen LogP contribution in [-0.2, 0) is 17.6 Å². The number of furan rings is 1. The number of aryl methyl sites for hydroxylation is 1. The summed E-state index contributed by atoms with van der Waals surface area (Å²) in [6, 6.07) is 3.44. The minimum absolute atomic E-state index is 0.138. The smallest absolute Gasteiger partial charge is 0.249 e. The first-order valence-electron chi connectivity index (χ1n) is 7.03. The fraction of sp³-hybridized carbons (Fsp3) is 0.250. The highest BCUT2D eigenvalue weighted by Crippen LogP contribution is 2.37. The summed E-state index contributed by atoms with van der Waals surface area (Å²) in [7, 11) is 0. The Labute approximate surface area is 131 Å². The molecule has 2 heterocycles. The zero-order chi connectivity index (χ0) is 15.5. The Morgan fingerprint density at radius 3 is 2.86 bits per heavy atom. The Hall–Kier alpha value is -2.34. The van der Waals surface area contributed by atoms with E-state index >= 15 is 0 Å². The second-order valence-corrected chi connectivity index (χ2v) is 6.15. The lowest BCUT2D eigenvalue weighted by Crippen LogP contribution is -2.25. The van der Waals surface area contributed by atoms with Gasteiger partial charge in [0, 0.05) is 16.5 Å². The molecule has 0 aliphatic heterocycles. The normalized spacial score (nSPS) is 14.0. The van der Waals surface area contributed by atoms with Crippen molar-refractivity contribution in [2.45, 2.75) is 25.7 Å². The molecule has 0 spiro atoms. The van der Waals surface area contributed by atoms with Crippen molar-refractivity contribution >= 4 is 34.3 Å². The van der Waals surface area contributed by atoms with E-state index < -0.39 is 11.9 Å². The summed E-state index contributed by atoms with van der Waals surface area (Å²) >= 11 is 1.33. The van der Waals surface area contributed by atoms with E-state index in [4.69, 9.17) is 4.42 Å². The monoisotopic (exact) mass is 316 g/mol. The third-order valence-corrected chi connectivity index (χ3v) is 4.76. The molecule has 0 saturated heterocycles. The summed E-state index contributed by atoms with van der Waals surface area (Å²) in [6.45, 7) is 0. The number of aromatic carboxylic acids is 1. The van der Waals surface area contributed by atoms with Crippen LogP contribution in [0.4, 0.5) is 5.00 Å². The van der Waals surface area contributed by atoms with Crippen LogP contribution in [0.15, 0.2) is 28.9 Å². The van der Waals surface area contributed by atoms with Gasteiger partial charge in [0.05, 0.1) is 12.2 Å². The minimum atomic E-state index is -1.23. The summed E-state index contributed by atoms with van der Waals surface area (Å²) in [5.41, 5.74) is 0.959. The molecule has 0 bridgehead atoms. The molecule has 1 amide bonds. The molecule has 0 fully saturated rings. The van der Waals surface area contributed by atoms with Crippen LogP contribution < -0.4 is 10.4 Å². The van der Waals surface area contributed by atoms with Gasteiger partial charge in [-0.3, -0.25) is 4.79 Å². The summed E-state index contributed by atoms with van der Waals surface area (Å²) in [5, 5.41) is 14.4. The van der Waals surface area contributed by atoms with Gasteiger partial charge < -0.3 is 19.6 Å². The first kappa shape index (κ1) is 14.6. The van der Waals surface area contributed by atoms with E-state index in [1.165, 1.54) is 29.8 Å². The van der Waals surface area contributed by atoms with Crippen molar-refractivity contribution in [3.05, 3.63) is 46.2 Å². The van der Waals surface area contributed by atoms with Gasteiger partial charge in [0.15, 0.2) is 0 Å². The van der Waals surface area contributed by atoms with Gasteiger partial charge in [-0.05, 0) is 49.5 Å². The molecular formula is C16H14NO4S-. The van der Waals surface area contributed by atoms with Crippen LogP contribution >= 0.6 is 11.3 Å². The van der Waals surface area contributed by atoms with Crippen LogP contribution in [-0.4, -0.2) is 11.9 Å². The topological polar surface area (TPSA) is 82.4 Å². The van der Waals surface area contributed by atoms with Crippen LogP contribution in [0.5, 0.6) is 0 Å². The standard InChI is InChI=1S/C16H15NO4S/c18-13(8-7-10-4-3-9-21-10)17-15-14(16(19)20)11-5-1-2-6-12(11)22-15/h3-4,7-9H,1-2,5-6H2,(H,17,18)(H,19,20)/p-1/b8-7+. The molecule has 2 aromatic rings. The summed E-state index contributed by atoms with van der Waals surface area (Å²) < 4.78 is 5.09. The summed E-state index contributed by atoms with van der Waals surface area (Å²) in [5.74, 6) is -1.07. The number of carboxylic acids is 1. The highest BCUT2D eigenvalue weighted by atomic mass is 32.1. The first-order chi connectivity index (χ1) is 10.6. The molecular weight excluding hydrogens is 302 g/mol. The molecule has 2 aromatic heterocycles. The molecule has 0 atom stereocenters. The van der Waals surface area contributed by atoms with Crippen molar-refractivity contribution in [1.29, 1.82) is 0 Å². The average Bonchev–Trinajstić information content (AvgIpc) is 3.11. The first-order valence-corrected chi connectivity index (χ1v) is 7.85. The summed E-state index contributed by atoms with van der Waals surface area (Å²) in [4.78, 5) is 24.4. The van der Waals surface area contributed by atoms with Gasteiger partial charge in [-0.2, -0.15) is 0 Å². The van der Waals surface area contributed by atoms with E-state index in [1.54, 1.807) is 12.1 Å². The van der Waals surface area contributed by atoms with E-state index in [0.29, 0.717) is 10.8 Å². The highest BCUT2D eigenvalue weighted by Gasteiger charge is 2.22. The van der Waals surface area contributed by atoms with Gasteiger partial charge in [-0.25, -0.2) is 0 Å². The van der Waals surface area contributed by atoms with Crippen molar-refractivity contribution in [3.8, 4) is 0 Å². The molecule has 3 rings (SSSR count). The molecule has 5 nitrogen and oxygen atoms in total. The largest absolute Gasteiger partial charge is 0.545 e. The second kappa shape index (κ2) is 6.19. The molecule has 1 aliphatic carbocycles. The van der Waals surface area contributed by atoms with E-state index in [9.17, 15) is 14.7 Å². The maximum atomic E-state index is 11.9. The fourth-order valence-corrected chi connectivity index (χ4v) is 3.85. The average molecular weight is 316 g/mol. The zero-order valence-electron chi connectivity index (χ0n) is 11.8. The van der Waals surface area contributed by atoms with Crippen molar-refractivity contribution in [1.82, 2.24) is 0 Å². The van der Waals surface area contributed by atoms with Gasteiger partial charge in [-0.1, -0.05) is 0 Å². The summed E-state index contributed by atoms with van der Waals surface area (Å²) in [6.07, 6.45) is 7.96. The van der Waals surface area contributed by atoms with Crippen molar-refractivity contribution < 1.29 is 19.1 Å². The molecule has 6 heteroatoms. The minimum Gasteiger partial charge on any atom is -0.545 e. The number of fused-ring (bicyclic) bond motifs is 1. The fourth-order valence-electron chi connectivity index (χ4n) is 2.57. The van der Waals surface area contributed by atoms with E-state index in [-0.39, 0.29) is 5.56 Å². The number of hydrogen-bond acceptors (Lipinski definition) is 5. The number of amides is 1. The molecule has 0 radical (unpaired) electrons. The number of carbonyl (C=O) groups is 2. The molecule has 1 aliphatic rings. The van der Waals surface area contributed by atoms with E-state index in [1.807, 2.05) is 0 Å². The molecule has 22 heavy (non-hydrogen) atoms.